The fraction of sp³-hybridized carbons (Fsp3) is 0.208. The summed E-state index contributed by atoms with van der Waals surface area (Å²) in [5.41, 5.74) is -2.80. The zero-order chi connectivity index (χ0) is 24.7. The molecule has 0 atom stereocenters. The van der Waals surface area contributed by atoms with Gasteiger partial charge in [0, 0.05) is 0 Å². The van der Waals surface area contributed by atoms with Gasteiger partial charge < -0.3 is 4.74 Å². The largest absolute Gasteiger partial charge is 0.459 e. The number of esters is 1. The van der Waals surface area contributed by atoms with E-state index >= 15 is 0 Å². The smallest absolute Gasteiger partial charge is 0.366 e. The summed E-state index contributed by atoms with van der Waals surface area (Å²) in [6, 6.07) is 19.4. The van der Waals surface area contributed by atoms with E-state index in [1.54, 1.807) is 57.2 Å². The van der Waals surface area contributed by atoms with Crippen LogP contribution in [0.2, 0.25) is 0 Å². The van der Waals surface area contributed by atoms with Gasteiger partial charge in [0.15, 0.2) is 0 Å². The summed E-state index contributed by atoms with van der Waals surface area (Å²) < 4.78 is 34.1. The third-order valence-electron chi connectivity index (χ3n) is 4.95. The molecule has 9 nitrogen and oxygen atoms in total. The van der Waals surface area contributed by atoms with Crippen LogP contribution in [0.3, 0.4) is 0 Å². The molecule has 0 aliphatic carbocycles. The minimum atomic E-state index is -4.55. The highest BCUT2D eigenvalue weighted by Gasteiger charge is 2.30. The lowest BCUT2D eigenvalue weighted by molar-refractivity contribution is -0.155. The van der Waals surface area contributed by atoms with Crippen LogP contribution in [-0.4, -0.2) is 33.3 Å². The summed E-state index contributed by atoms with van der Waals surface area (Å²) in [5, 5.41) is 1.45. The van der Waals surface area contributed by atoms with Gasteiger partial charge in [0.05, 0.1) is 10.6 Å². The van der Waals surface area contributed by atoms with Crippen molar-refractivity contribution in [2.45, 2.75) is 37.8 Å². The van der Waals surface area contributed by atoms with Gasteiger partial charge >= 0.3 is 17.3 Å². The first-order valence-electron chi connectivity index (χ1n) is 10.5. The van der Waals surface area contributed by atoms with Crippen LogP contribution in [0.25, 0.3) is 16.5 Å². The molecule has 0 N–H and O–H groups in total. The predicted molar refractivity (Wildman–Crippen MR) is 127 cm³/mol. The monoisotopic (exact) mass is 481 g/mol. The molecule has 0 amide bonds. The van der Waals surface area contributed by atoms with Crippen LogP contribution in [0.15, 0.2) is 87.3 Å². The number of carbonyl (C=O) groups excluding carboxylic acids is 1. The first kappa shape index (κ1) is 23.2. The highest BCUT2D eigenvalue weighted by Crippen LogP contribution is 2.20. The standard InChI is InChI=1S/C24H23N3O6S/c1-24(2,3)33-21(28)16-25-22(29)26(19-11-5-4-6-12-19)23(30)27(25)34(31,32)20-14-13-17-9-7-8-10-18(17)15-20/h4-15H,16H2,1-3H3. The molecule has 1 aromatic heterocycles. The second kappa shape index (κ2) is 8.45. The molecule has 0 fully saturated rings. The van der Waals surface area contributed by atoms with E-state index in [4.69, 9.17) is 4.74 Å². The summed E-state index contributed by atoms with van der Waals surface area (Å²) in [5.74, 6) is -0.859. The van der Waals surface area contributed by atoms with Crippen molar-refractivity contribution < 1.29 is 17.9 Å². The number of aromatic nitrogens is 3. The Kier molecular flexibility index (Phi) is 5.78. The number of hydrogen-bond donors (Lipinski definition) is 0. The molecular formula is C24H23N3O6S. The van der Waals surface area contributed by atoms with E-state index in [-0.39, 0.29) is 10.6 Å². The van der Waals surface area contributed by atoms with E-state index in [0.29, 0.717) is 18.7 Å². The third kappa shape index (κ3) is 4.32. The van der Waals surface area contributed by atoms with Crippen LogP contribution in [-0.2, 0) is 26.1 Å². The fourth-order valence-electron chi connectivity index (χ4n) is 3.55. The van der Waals surface area contributed by atoms with Crippen LogP contribution in [0.4, 0.5) is 0 Å². The van der Waals surface area contributed by atoms with Crippen LogP contribution in [0.1, 0.15) is 20.8 Å². The Balaban J connectivity index is 1.95. The first-order valence-corrected chi connectivity index (χ1v) is 11.9. The molecule has 0 unspecified atom stereocenters. The van der Waals surface area contributed by atoms with Crippen molar-refractivity contribution in [3.8, 4) is 5.69 Å². The van der Waals surface area contributed by atoms with Crippen molar-refractivity contribution >= 4 is 26.8 Å². The molecular weight excluding hydrogens is 458 g/mol. The van der Waals surface area contributed by atoms with Crippen LogP contribution < -0.4 is 11.4 Å². The van der Waals surface area contributed by atoms with E-state index < -0.39 is 39.5 Å². The number of benzene rings is 3. The zero-order valence-electron chi connectivity index (χ0n) is 18.8. The molecule has 0 aliphatic rings. The van der Waals surface area contributed by atoms with E-state index in [0.717, 1.165) is 5.39 Å². The highest BCUT2D eigenvalue weighted by atomic mass is 32.2. The average molecular weight is 482 g/mol. The van der Waals surface area contributed by atoms with Gasteiger partial charge in [0.1, 0.15) is 12.1 Å². The molecule has 0 saturated carbocycles. The summed E-state index contributed by atoms with van der Waals surface area (Å²) >= 11 is 0. The fourth-order valence-corrected chi connectivity index (χ4v) is 4.94. The van der Waals surface area contributed by atoms with E-state index in [2.05, 4.69) is 0 Å². The lowest BCUT2D eigenvalue weighted by atomic mass is 10.1. The van der Waals surface area contributed by atoms with Gasteiger partial charge in [-0.05, 0) is 55.8 Å². The van der Waals surface area contributed by atoms with Crippen molar-refractivity contribution in [2.75, 3.05) is 0 Å². The zero-order valence-corrected chi connectivity index (χ0v) is 19.7. The number of hydrogen-bond acceptors (Lipinski definition) is 6. The second-order valence-electron chi connectivity index (χ2n) is 8.64. The van der Waals surface area contributed by atoms with Gasteiger partial charge in [-0.3, -0.25) is 4.79 Å². The van der Waals surface area contributed by atoms with Gasteiger partial charge in [0.2, 0.25) is 0 Å². The maximum absolute atomic E-state index is 13.6. The van der Waals surface area contributed by atoms with Gasteiger partial charge in [-0.1, -0.05) is 48.5 Å². The van der Waals surface area contributed by atoms with Crippen LogP contribution in [0.5, 0.6) is 0 Å². The van der Waals surface area contributed by atoms with Gasteiger partial charge in [-0.25, -0.2) is 18.8 Å². The molecule has 1 heterocycles. The predicted octanol–water partition coefficient (Wildman–Crippen LogP) is 2.53. The molecule has 0 bridgehead atoms. The maximum Gasteiger partial charge on any atom is 0.366 e. The summed E-state index contributed by atoms with van der Waals surface area (Å²) in [4.78, 5) is 38.9. The molecule has 0 spiro atoms. The summed E-state index contributed by atoms with van der Waals surface area (Å²) in [6.07, 6.45) is 0. The lowest BCUT2D eigenvalue weighted by Crippen LogP contribution is -2.36. The SMILES string of the molecule is CC(C)(C)OC(=O)Cn1c(=O)n(-c2ccccc2)c(=O)n1S(=O)(=O)c1ccc2ccccc2c1. The van der Waals surface area contributed by atoms with E-state index in [9.17, 15) is 22.8 Å². The van der Waals surface area contributed by atoms with Gasteiger partial charge in [0.25, 0.3) is 10.0 Å². The minimum Gasteiger partial charge on any atom is -0.459 e. The Labute approximate surface area is 195 Å². The minimum absolute atomic E-state index is 0.169. The summed E-state index contributed by atoms with van der Waals surface area (Å²) in [6.45, 7) is 4.16. The molecule has 34 heavy (non-hydrogen) atoms. The number of rotatable bonds is 5. The van der Waals surface area contributed by atoms with Crippen molar-refractivity contribution in [2.24, 2.45) is 0 Å². The Morgan fingerprint density at radius 2 is 1.47 bits per heavy atom. The normalized spacial score (nSPS) is 12.1. The Morgan fingerprint density at radius 3 is 2.12 bits per heavy atom. The third-order valence-corrected chi connectivity index (χ3v) is 6.60. The molecule has 0 saturated heterocycles. The number of carbonyl (C=O) groups is 1. The van der Waals surface area contributed by atoms with Crippen molar-refractivity contribution in [1.29, 1.82) is 0 Å². The quantitative estimate of drug-likeness (QED) is 0.405. The van der Waals surface area contributed by atoms with Crippen molar-refractivity contribution in [1.82, 2.24) is 13.3 Å². The maximum atomic E-state index is 13.6. The molecule has 4 rings (SSSR count). The molecule has 10 heteroatoms. The molecule has 3 aromatic carbocycles. The Morgan fingerprint density at radius 1 is 0.853 bits per heavy atom. The van der Waals surface area contributed by atoms with Crippen molar-refractivity contribution in [3.05, 3.63) is 93.8 Å². The molecule has 4 aromatic rings. The Bertz CT molecular complexity index is 1610. The van der Waals surface area contributed by atoms with E-state index in [1.165, 1.54) is 24.3 Å². The molecule has 0 radical (unpaired) electrons. The number of para-hydroxylation sites is 1. The number of nitrogens with zero attached hydrogens (tertiary/aromatic N) is 3. The van der Waals surface area contributed by atoms with Gasteiger partial charge in [-0.2, -0.15) is 8.42 Å². The van der Waals surface area contributed by atoms with Crippen molar-refractivity contribution in [3.63, 3.8) is 0 Å². The second-order valence-corrected chi connectivity index (χ2v) is 10.4. The summed E-state index contributed by atoms with van der Waals surface area (Å²) in [7, 11) is -4.55. The molecule has 0 aliphatic heterocycles. The Hall–Kier alpha value is -3.92. The van der Waals surface area contributed by atoms with Crippen LogP contribution in [0, 0.1) is 0 Å². The molecule has 176 valence electrons. The highest BCUT2D eigenvalue weighted by molar-refractivity contribution is 7.89. The van der Waals surface area contributed by atoms with E-state index in [1.807, 2.05) is 12.1 Å². The first-order chi connectivity index (χ1) is 16.0. The average Bonchev–Trinajstić information content (AvgIpc) is 3.02. The lowest BCUT2D eigenvalue weighted by Gasteiger charge is -2.19. The van der Waals surface area contributed by atoms with Gasteiger partial charge in [-0.15, -0.1) is 4.09 Å². The van der Waals surface area contributed by atoms with Crippen LogP contribution >= 0.6 is 0 Å². The number of ether oxygens (including phenoxy) is 1. The topological polar surface area (TPSA) is 109 Å². The number of fused-ring (bicyclic) bond motifs is 1.